The fourth-order valence-electron chi connectivity index (χ4n) is 5.25. The third-order valence-corrected chi connectivity index (χ3v) is 7.42. The minimum atomic E-state index is -0.354. The zero-order valence-corrected chi connectivity index (χ0v) is 23.1. The topological polar surface area (TPSA) is 119 Å². The number of hydrogen-bond donors (Lipinski definition) is 2. The summed E-state index contributed by atoms with van der Waals surface area (Å²) >= 11 is 0. The third-order valence-electron chi connectivity index (χ3n) is 7.42. The molecular formula is C29H36N4O7. The van der Waals surface area contributed by atoms with Crippen molar-refractivity contribution in [2.45, 2.75) is 43.9 Å². The summed E-state index contributed by atoms with van der Waals surface area (Å²) in [5.41, 5.74) is 1.25. The SMILES string of the molecule is CN(C)CCCNC(=O)C[C@@H]1CC[C@H]2[C@H](COc3ccc(NC(=O)c4ccc5c(c4)OCO5)cc3C(=O)N2C)O1. The zero-order valence-electron chi connectivity index (χ0n) is 23.1. The van der Waals surface area contributed by atoms with Gasteiger partial charge in [0.25, 0.3) is 11.8 Å². The summed E-state index contributed by atoms with van der Waals surface area (Å²) in [5.74, 6) is 0.950. The summed E-state index contributed by atoms with van der Waals surface area (Å²) in [6.07, 6.45) is 1.96. The van der Waals surface area contributed by atoms with Crippen LogP contribution in [-0.4, -0.2) is 93.4 Å². The summed E-state index contributed by atoms with van der Waals surface area (Å²) in [7, 11) is 5.77. The maximum atomic E-state index is 13.5. The quantitative estimate of drug-likeness (QED) is 0.480. The van der Waals surface area contributed by atoms with Crippen molar-refractivity contribution in [3.8, 4) is 17.2 Å². The van der Waals surface area contributed by atoms with E-state index in [4.69, 9.17) is 18.9 Å². The van der Waals surface area contributed by atoms with E-state index >= 15 is 0 Å². The van der Waals surface area contributed by atoms with Crippen molar-refractivity contribution in [2.75, 3.05) is 52.9 Å². The third kappa shape index (κ3) is 6.31. The number of carbonyl (C=O) groups excluding carboxylic acids is 3. The zero-order chi connectivity index (χ0) is 28.2. The van der Waals surface area contributed by atoms with E-state index in [1.165, 1.54) is 0 Å². The van der Waals surface area contributed by atoms with Crippen molar-refractivity contribution in [3.63, 3.8) is 0 Å². The number of amides is 3. The smallest absolute Gasteiger partial charge is 0.257 e. The van der Waals surface area contributed by atoms with Crippen molar-refractivity contribution in [1.29, 1.82) is 0 Å². The highest BCUT2D eigenvalue weighted by Crippen LogP contribution is 2.34. The van der Waals surface area contributed by atoms with E-state index in [0.29, 0.717) is 53.4 Å². The lowest BCUT2D eigenvalue weighted by atomic mass is 9.94. The van der Waals surface area contributed by atoms with Gasteiger partial charge < -0.3 is 39.4 Å². The number of anilines is 1. The van der Waals surface area contributed by atoms with E-state index in [2.05, 4.69) is 15.5 Å². The number of rotatable bonds is 8. The molecule has 3 heterocycles. The highest BCUT2D eigenvalue weighted by molar-refractivity contribution is 6.06. The predicted molar refractivity (Wildman–Crippen MR) is 147 cm³/mol. The highest BCUT2D eigenvalue weighted by atomic mass is 16.7. The van der Waals surface area contributed by atoms with E-state index in [9.17, 15) is 14.4 Å². The second-order valence-corrected chi connectivity index (χ2v) is 10.6. The molecule has 40 heavy (non-hydrogen) atoms. The average Bonchev–Trinajstić information content (AvgIpc) is 3.41. The van der Waals surface area contributed by atoms with Gasteiger partial charge in [0.15, 0.2) is 11.5 Å². The second kappa shape index (κ2) is 12.1. The molecule has 0 aromatic heterocycles. The number of benzene rings is 2. The first-order valence-electron chi connectivity index (χ1n) is 13.6. The molecule has 2 aromatic carbocycles. The van der Waals surface area contributed by atoms with Crippen LogP contribution in [0, 0.1) is 0 Å². The van der Waals surface area contributed by atoms with Gasteiger partial charge in [-0.25, -0.2) is 0 Å². The van der Waals surface area contributed by atoms with E-state index in [1.807, 2.05) is 14.1 Å². The Hall–Kier alpha value is -3.83. The Morgan fingerprint density at radius 3 is 2.65 bits per heavy atom. The molecule has 11 nitrogen and oxygen atoms in total. The number of fused-ring (bicyclic) bond motifs is 3. The van der Waals surface area contributed by atoms with E-state index in [1.54, 1.807) is 48.3 Å². The molecule has 214 valence electrons. The summed E-state index contributed by atoms with van der Waals surface area (Å²) < 4.78 is 23.0. The number of nitrogens with zero attached hydrogens (tertiary/aromatic N) is 2. The first-order chi connectivity index (χ1) is 19.3. The Morgan fingerprint density at radius 2 is 1.82 bits per heavy atom. The fraction of sp³-hybridized carbons (Fsp3) is 0.483. The van der Waals surface area contributed by atoms with Crippen LogP contribution in [-0.2, 0) is 9.53 Å². The molecule has 0 saturated carbocycles. The number of likely N-dealkylation sites (N-methyl/N-ethyl adjacent to an activating group) is 1. The highest BCUT2D eigenvalue weighted by Gasteiger charge is 2.39. The molecule has 3 aliphatic heterocycles. The van der Waals surface area contributed by atoms with Crippen LogP contribution in [0.25, 0.3) is 0 Å². The van der Waals surface area contributed by atoms with Gasteiger partial charge >= 0.3 is 0 Å². The van der Waals surface area contributed by atoms with Crippen molar-refractivity contribution >= 4 is 23.4 Å². The molecular weight excluding hydrogens is 516 g/mol. The van der Waals surface area contributed by atoms with E-state index in [-0.39, 0.29) is 55.8 Å². The van der Waals surface area contributed by atoms with Crippen LogP contribution in [0.4, 0.5) is 5.69 Å². The first-order valence-corrected chi connectivity index (χ1v) is 13.6. The Labute approximate surface area is 233 Å². The van der Waals surface area contributed by atoms with Gasteiger partial charge in [-0.1, -0.05) is 0 Å². The molecule has 0 bridgehead atoms. The van der Waals surface area contributed by atoms with Crippen LogP contribution in [0.2, 0.25) is 0 Å². The van der Waals surface area contributed by atoms with Gasteiger partial charge in [0.05, 0.1) is 24.1 Å². The van der Waals surface area contributed by atoms with Crippen LogP contribution in [0.3, 0.4) is 0 Å². The molecule has 0 spiro atoms. The van der Waals surface area contributed by atoms with Gasteiger partial charge in [-0.15, -0.1) is 0 Å². The van der Waals surface area contributed by atoms with Crippen LogP contribution in [0.15, 0.2) is 36.4 Å². The fourth-order valence-corrected chi connectivity index (χ4v) is 5.25. The normalized spacial score (nSPS) is 21.6. The molecule has 3 atom stereocenters. The maximum Gasteiger partial charge on any atom is 0.257 e. The molecule has 0 unspecified atom stereocenters. The summed E-state index contributed by atoms with van der Waals surface area (Å²) in [4.78, 5) is 42.6. The van der Waals surface area contributed by atoms with Crippen LogP contribution < -0.4 is 24.8 Å². The standard InChI is InChI=1S/C29H36N4O7/c1-32(2)12-4-11-30-27(34)15-20-7-8-22-26(40-20)16-37-23-10-6-19(14-21(23)29(36)33(22)3)31-28(35)18-5-9-24-25(13-18)39-17-38-24/h5-6,9-10,13-14,20,22,26H,4,7-8,11-12,15-17H2,1-3H3,(H,30,34)(H,31,35)/t20-,22-,26-/m0/s1. The molecule has 3 aliphatic rings. The van der Waals surface area contributed by atoms with Crippen molar-refractivity contribution < 1.29 is 33.3 Å². The summed E-state index contributed by atoms with van der Waals surface area (Å²) in [5, 5.41) is 5.81. The number of hydrogen-bond acceptors (Lipinski definition) is 8. The molecule has 1 fully saturated rings. The van der Waals surface area contributed by atoms with Crippen LogP contribution >= 0.6 is 0 Å². The van der Waals surface area contributed by atoms with Crippen molar-refractivity contribution in [2.24, 2.45) is 0 Å². The lowest BCUT2D eigenvalue weighted by molar-refractivity contribution is -0.134. The van der Waals surface area contributed by atoms with Gasteiger partial charge in [-0.05, 0) is 76.3 Å². The number of ether oxygens (including phenoxy) is 4. The molecule has 2 aromatic rings. The van der Waals surface area contributed by atoms with Gasteiger partial charge in [0.1, 0.15) is 18.5 Å². The first kappa shape index (κ1) is 27.7. The number of carbonyl (C=O) groups is 3. The Morgan fingerprint density at radius 1 is 1.02 bits per heavy atom. The summed E-state index contributed by atoms with van der Waals surface area (Å²) in [6, 6.07) is 9.79. The Kier molecular flexibility index (Phi) is 8.41. The Bertz CT molecular complexity index is 1270. The molecule has 11 heteroatoms. The minimum Gasteiger partial charge on any atom is -0.490 e. The lowest BCUT2D eigenvalue weighted by Gasteiger charge is -2.42. The van der Waals surface area contributed by atoms with Crippen molar-refractivity contribution in [3.05, 3.63) is 47.5 Å². The number of nitrogens with one attached hydrogen (secondary N) is 2. The molecule has 0 radical (unpaired) electrons. The monoisotopic (exact) mass is 552 g/mol. The van der Waals surface area contributed by atoms with Crippen molar-refractivity contribution in [1.82, 2.24) is 15.1 Å². The molecule has 1 saturated heterocycles. The lowest BCUT2D eigenvalue weighted by Crippen LogP contribution is -2.54. The van der Waals surface area contributed by atoms with E-state index < -0.39 is 0 Å². The van der Waals surface area contributed by atoms with Crippen LogP contribution in [0.5, 0.6) is 17.2 Å². The summed E-state index contributed by atoms with van der Waals surface area (Å²) in [6.45, 7) is 1.92. The maximum absolute atomic E-state index is 13.5. The molecule has 0 aliphatic carbocycles. The average molecular weight is 553 g/mol. The molecule has 5 rings (SSSR count). The second-order valence-electron chi connectivity index (χ2n) is 10.6. The van der Waals surface area contributed by atoms with Gasteiger partial charge in [0, 0.05) is 24.8 Å². The Balaban J connectivity index is 1.21. The largest absolute Gasteiger partial charge is 0.490 e. The predicted octanol–water partition coefficient (Wildman–Crippen LogP) is 2.51. The van der Waals surface area contributed by atoms with E-state index in [0.717, 1.165) is 13.0 Å². The minimum absolute atomic E-state index is 0.0286. The van der Waals surface area contributed by atoms with Gasteiger partial charge in [0.2, 0.25) is 12.7 Å². The van der Waals surface area contributed by atoms with Gasteiger partial charge in [-0.2, -0.15) is 0 Å². The van der Waals surface area contributed by atoms with Crippen LogP contribution in [0.1, 0.15) is 46.4 Å². The van der Waals surface area contributed by atoms with Gasteiger partial charge in [-0.3, -0.25) is 14.4 Å². The molecule has 2 N–H and O–H groups in total. The molecule has 3 amide bonds.